The SMILES string of the molecule is Cc1ccc(S(=O)(=O)N2CCN(Cc3noc(-c4cccc(Cl)c4)n3)CC2)cc1. The predicted octanol–water partition coefficient (Wildman–Crippen LogP) is 3.20. The van der Waals surface area contributed by atoms with E-state index in [0.717, 1.165) is 11.1 Å². The van der Waals surface area contributed by atoms with E-state index < -0.39 is 10.0 Å². The lowest BCUT2D eigenvalue weighted by molar-refractivity contribution is 0.176. The van der Waals surface area contributed by atoms with Gasteiger partial charge in [0.25, 0.3) is 5.89 Å². The Morgan fingerprint density at radius 1 is 1.07 bits per heavy atom. The molecule has 0 aliphatic carbocycles. The van der Waals surface area contributed by atoms with E-state index in [1.807, 2.05) is 31.2 Å². The van der Waals surface area contributed by atoms with Gasteiger partial charge in [0.1, 0.15) is 0 Å². The first-order valence-corrected chi connectivity index (χ1v) is 11.1. The fraction of sp³-hybridized carbons (Fsp3) is 0.300. The van der Waals surface area contributed by atoms with Crippen molar-refractivity contribution < 1.29 is 12.9 Å². The number of hydrogen-bond donors (Lipinski definition) is 0. The van der Waals surface area contributed by atoms with Crippen LogP contribution in [0.2, 0.25) is 5.02 Å². The van der Waals surface area contributed by atoms with Crippen LogP contribution in [0.1, 0.15) is 11.4 Å². The normalized spacial score (nSPS) is 16.2. The summed E-state index contributed by atoms with van der Waals surface area (Å²) < 4.78 is 32.5. The Morgan fingerprint density at radius 3 is 2.48 bits per heavy atom. The molecule has 29 heavy (non-hydrogen) atoms. The maximum Gasteiger partial charge on any atom is 0.258 e. The van der Waals surface area contributed by atoms with Crippen molar-refractivity contribution in [2.45, 2.75) is 18.4 Å². The standard InChI is InChI=1S/C20H21ClN4O3S/c1-15-5-7-18(8-6-15)29(26,27)25-11-9-24(10-12-25)14-19-22-20(28-23-19)16-3-2-4-17(21)13-16/h2-8,13H,9-12,14H2,1H3. The smallest absolute Gasteiger partial charge is 0.258 e. The zero-order chi connectivity index (χ0) is 20.4. The van der Waals surface area contributed by atoms with Gasteiger partial charge >= 0.3 is 0 Å². The number of sulfonamides is 1. The van der Waals surface area contributed by atoms with Gasteiger partial charge in [0, 0.05) is 36.8 Å². The number of aromatic nitrogens is 2. The van der Waals surface area contributed by atoms with Crippen molar-refractivity contribution >= 4 is 21.6 Å². The van der Waals surface area contributed by atoms with Gasteiger partial charge in [-0.2, -0.15) is 9.29 Å². The summed E-state index contributed by atoms with van der Waals surface area (Å²) >= 11 is 6.01. The molecule has 1 aliphatic heterocycles. The van der Waals surface area contributed by atoms with Crippen LogP contribution in [0, 0.1) is 6.92 Å². The van der Waals surface area contributed by atoms with E-state index >= 15 is 0 Å². The molecule has 2 heterocycles. The summed E-state index contributed by atoms with van der Waals surface area (Å²) in [6.07, 6.45) is 0. The fourth-order valence-corrected chi connectivity index (χ4v) is 4.86. The van der Waals surface area contributed by atoms with Crippen LogP contribution in [0.3, 0.4) is 0 Å². The summed E-state index contributed by atoms with van der Waals surface area (Å²) in [6, 6.07) is 14.2. The molecule has 0 amide bonds. The molecule has 0 atom stereocenters. The molecule has 1 aromatic heterocycles. The summed E-state index contributed by atoms with van der Waals surface area (Å²) in [5.74, 6) is 0.984. The zero-order valence-electron chi connectivity index (χ0n) is 16.0. The molecule has 1 saturated heterocycles. The summed E-state index contributed by atoms with van der Waals surface area (Å²) in [5, 5.41) is 4.64. The monoisotopic (exact) mass is 432 g/mol. The average Bonchev–Trinajstić information content (AvgIpc) is 3.17. The van der Waals surface area contributed by atoms with Gasteiger partial charge in [0.05, 0.1) is 11.4 Å². The van der Waals surface area contributed by atoms with Crippen LogP contribution in [0.15, 0.2) is 57.9 Å². The Morgan fingerprint density at radius 2 is 1.79 bits per heavy atom. The molecule has 0 N–H and O–H groups in total. The lowest BCUT2D eigenvalue weighted by Gasteiger charge is -2.33. The number of aryl methyl sites for hydroxylation is 1. The number of rotatable bonds is 5. The largest absolute Gasteiger partial charge is 0.334 e. The Kier molecular flexibility index (Phi) is 5.69. The topological polar surface area (TPSA) is 79.5 Å². The maximum absolute atomic E-state index is 12.8. The van der Waals surface area contributed by atoms with Crippen LogP contribution >= 0.6 is 11.6 Å². The number of halogens is 1. The first-order chi connectivity index (χ1) is 13.9. The number of nitrogens with zero attached hydrogens (tertiary/aromatic N) is 4. The number of hydrogen-bond acceptors (Lipinski definition) is 6. The van der Waals surface area contributed by atoms with Gasteiger partial charge in [-0.3, -0.25) is 4.90 Å². The van der Waals surface area contributed by atoms with Crippen LogP contribution < -0.4 is 0 Å². The number of piperazine rings is 1. The molecule has 0 bridgehead atoms. The highest BCUT2D eigenvalue weighted by Gasteiger charge is 2.28. The Balaban J connectivity index is 1.37. The van der Waals surface area contributed by atoms with Gasteiger partial charge in [0.15, 0.2) is 5.82 Å². The van der Waals surface area contributed by atoms with Crippen molar-refractivity contribution in [3.05, 3.63) is 64.9 Å². The van der Waals surface area contributed by atoms with Gasteiger partial charge in [-0.1, -0.05) is 40.5 Å². The minimum Gasteiger partial charge on any atom is -0.334 e. The molecule has 152 valence electrons. The first kappa shape index (κ1) is 20.0. The van der Waals surface area contributed by atoms with E-state index in [0.29, 0.717) is 54.4 Å². The van der Waals surface area contributed by atoms with E-state index in [9.17, 15) is 8.42 Å². The van der Waals surface area contributed by atoms with E-state index in [-0.39, 0.29) is 0 Å². The third-order valence-electron chi connectivity index (χ3n) is 4.89. The van der Waals surface area contributed by atoms with Crippen molar-refractivity contribution in [2.24, 2.45) is 0 Å². The second-order valence-corrected chi connectivity index (χ2v) is 9.39. The highest BCUT2D eigenvalue weighted by molar-refractivity contribution is 7.89. The molecule has 0 radical (unpaired) electrons. The predicted molar refractivity (Wildman–Crippen MR) is 110 cm³/mol. The summed E-state index contributed by atoms with van der Waals surface area (Å²) in [5.41, 5.74) is 1.80. The van der Waals surface area contributed by atoms with Crippen molar-refractivity contribution in [3.63, 3.8) is 0 Å². The highest BCUT2D eigenvalue weighted by atomic mass is 35.5. The van der Waals surface area contributed by atoms with Crippen LogP contribution in [0.4, 0.5) is 0 Å². The number of benzene rings is 2. The first-order valence-electron chi connectivity index (χ1n) is 9.29. The minimum atomic E-state index is -3.47. The molecule has 3 aromatic rings. The lowest BCUT2D eigenvalue weighted by atomic mass is 10.2. The van der Waals surface area contributed by atoms with Gasteiger partial charge < -0.3 is 4.52 Å². The molecular weight excluding hydrogens is 412 g/mol. The molecule has 1 aliphatic rings. The molecular formula is C20H21ClN4O3S. The van der Waals surface area contributed by atoms with Crippen LogP contribution in [-0.2, 0) is 16.6 Å². The minimum absolute atomic E-state index is 0.334. The molecule has 0 spiro atoms. The van der Waals surface area contributed by atoms with Gasteiger partial charge in [-0.25, -0.2) is 8.42 Å². The van der Waals surface area contributed by atoms with E-state index in [1.165, 1.54) is 4.31 Å². The van der Waals surface area contributed by atoms with Gasteiger partial charge in [-0.05, 0) is 37.3 Å². The molecule has 9 heteroatoms. The van der Waals surface area contributed by atoms with Gasteiger partial charge in [0.2, 0.25) is 10.0 Å². The second-order valence-electron chi connectivity index (χ2n) is 7.02. The molecule has 0 unspecified atom stereocenters. The average molecular weight is 433 g/mol. The van der Waals surface area contributed by atoms with E-state index in [2.05, 4.69) is 15.0 Å². The van der Waals surface area contributed by atoms with Crippen molar-refractivity contribution in [3.8, 4) is 11.5 Å². The molecule has 0 saturated carbocycles. The van der Waals surface area contributed by atoms with Crippen LogP contribution in [-0.4, -0.2) is 53.9 Å². The van der Waals surface area contributed by atoms with Crippen molar-refractivity contribution in [2.75, 3.05) is 26.2 Å². The molecule has 2 aromatic carbocycles. The summed E-state index contributed by atoms with van der Waals surface area (Å²) in [6.45, 7) is 4.50. The van der Waals surface area contributed by atoms with E-state index in [1.54, 1.807) is 24.3 Å². The fourth-order valence-electron chi connectivity index (χ4n) is 3.24. The van der Waals surface area contributed by atoms with Gasteiger partial charge in [-0.15, -0.1) is 0 Å². The summed E-state index contributed by atoms with van der Waals surface area (Å²) in [7, 11) is -3.47. The lowest BCUT2D eigenvalue weighted by Crippen LogP contribution is -2.48. The molecule has 4 rings (SSSR count). The van der Waals surface area contributed by atoms with Crippen LogP contribution in [0.5, 0.6) is 0 Å². The molecule has 1 fully saturated rings. The Bertz CT molecular complexity index is 1090. The maximum atomic E-state index is 12.8. The third-order valence-corrected chi connectivity index (χ3v) is 7.04. The second kappa shape index (κ2) is 8.23. The van der Waals surface area contributed by atoms with Crippen molar-refractivity contribution in [1.29, 1.82) is 0 Å². The quantitative estimate of drug-likeness (QED) is 0.616. The molecule has 7 nitrogen and oxygen atoms in total. The Labute approximate surface area is 174 Å². The third kappa shape index (κ3) is 4.51. The zero-order valence-corrected chi connectivity index (χ0v) is 17.5. The highest BCUT2D eigenvalue weighted by Crippen LogP contribution is 2.22. The summed E-state index contributed by atoms with van der Waals surface area (Å²) in [4.78, 5) is 6.88. The van der Waals surface area contributed by atoms with Crippen LogP contribution in [0.25, 0.3) is 11.5 Å². The Hall–Kier alpha value is -2.26. The van der Waals surface area contributed by atoms with Crippen molar-refractivity contribution in [1.82, 2.24) is 19.3 Å². The van der Waals surface area contributed by atoms with E-state index in [4.69, 9.17) is 16.1 Å².